The number of halogens is 3. The number of hydrogen-bond acceptors (Lipinski definition) is 2. The molecule has 1 aromatic carbocycles. The van der Waals surface area contributed by atoms with Gasteiger partial charge >= 0.3 is 0 Å². The summed E-state index contributed by atoms with van der Waals surface area (Å²) in [5, 5.41) is 2.24. The van der Waals surface area contributed by atoms with Gasteiger partial charge in [0.25, 0.3) is 0 Å². The van der Waals surface area contributed by atoms with E-state index in [2.05, 4.69) is 12.2 Å². The molecule has 0 atom stereocenters. The molecule has 1 N–H and O–H groups in total. The third-order valence-electron chi connectivity index (χ3n) is 2.92. The predicted molar refractivity (Wildman–Crippen MR) is 72.0 cm³/mol. The zero-order valence-corrected chi connectivity index (χ0v) is 11.7. The lowest BCUT2D eigenvalue weighted by Gasteiger charge is -2.15. The first-order chi connectivity index (χ1) is 9.45. The van der Waals surface area contributed by atoms with Crippen molar-refractivity contribution in [2.24, 2.45) is 0 Å². The lowest BCUT2D eigenvalue weighted by molar-refractivity contribution is -0.116. The quantitative estimate of drug-likeness (QED) is 0.782. The van der Waals surface area contributed by atoms with Crippen LogP contribution in [0.2, 0.25) is 0 Å². The molecule has 0 aliphatic rings. The lowest BCUT2D eigenvalue weighted by Crippen LogP contribution is -2.25. The Morgan fingerprint density at radius 2 is 1.90 bits per heavy atom. The van der Waals surface area contributed by atoms with Crippen molar-refractivity contribution >= 4 is 11.6 Å². The third-order valence-corrected chi connectivity index (χ3v) is 2.92. The van der Waals surface area contributed by atoms with Crippen LogP contribution < -0.4 is 5.32 Å². The molecule has 0 aromatic heterocycles. The van der Waals surface area contributed by atoms with Crippen molar-refractivity contribution in [1.29, 1.82) is 0 Å². The minimum Gasteiger partial charge on any atom is -0.323 e. The third kappa shape index (κ3) is 4.85. The first-order valence-electron chi connectivity index (χ1n) is 6.57. The van der Waals surface area contributed by atoms with Crippen molar-refractivity contribution in [2.45, 2.75) is 26.2 Å². The largest absolute Gasteiger partial charge is 0.323 e. The Kier molecular flexibility index (Phi) is 6.51. The maximum Gasteiger partial charge on any atom is 0.225 e. The van der Waals surface area contributed by atoms with Crippen molar-refractivity contribution in [1.82, 2.24) is 4.90 Å². The molecule has 0 heterocycles. The Bertz CT molecular complexity index is 466. The van der Waals surface area contributed by atoms with Crippen LogP contribution in [-0.4, -0.2) is 30.9 Å². The Morgan fingerprint density at radius 1 is 1.20 bits per heavy atom. The molecule has 1 rings (SSSR count). The average Bonchev–Trinajstić information content (AvgIpc) is 2.43. The molecule has 0 aliphatic carbocycles. The Balaban J connectivity index is 2.49. The molecule has 0 aliphatic heterocycles. The highest BCUT2D eigenvalue weighted by atomic mass is 19.2. The van der Waals surface area contributed by atoms with E-state index in [-0.39, 0.29) is 12.1 Å². The van der Waals surface area contributed by atoms with Crippen LogP contribution in [0.25, 0.3) is 0 Å². The van der Waals surface area contributed by atoms with E-state index in [1.54, 1.807) is 0 Å². The second-order valence-corrected chi connectivity index (χ2v) is 4.68. The molecule has 0 unspecified atom stereocenters. The van der Waals surface area contributed by atoms with Gasteiger partial charge in [-0.2, -0.15) is 0 Å². The summed E-state index contributed by atoms with van der Waals surface area (Å²) < 4.78 is 39.1. The van der Waals surface area contributed by atoms with Gasteiger partial charge in [-0.25, -0.2) is 13.2 Å². The van der Waals surface area contributed by atoms with E-state index in [0.29, 0.717) is 6.54 Å². The summed E-state index contributed by atoms with van der Waals surface area (Å²) in [6, 6.07) is 1.79. The lowest BCUT2D eigenvalue weighted by atomic mass is 10.2. The zero-order valence-electron chi connectivity index (χ0n) is 11.7. The van der Waals surface area contributed by atoms with E-state index in [1.165, 1.54) is 0 Å². The molecule has 0 spiro atoms. The monoisotopic (exact) mass is 288 g/mol. The maximum absolute atomic E-state index is 13.3. The number of carbonyl (C=O) groups is 1. The number of anilines is 1. The van der Waals surface area contributed by atoms with Crippen LogP contribution in [0.5, 0.6) is 0 Å². The van der Waals surface area contributed by atoms with Crippen LogP contribution in [-0.2, 0) is 4.79 Å². The fourth-order valence-corrected chi connectivity index (χ4v) is 1.67. The molecule has 112 valence electrons. The summed E-state index contributed by atoms with van der Waals surface area (Å²) in [6.45, 7) is 3.48. The first kappa shape index (κ1) is 16.5. The molecule has 1 amide bonds. The van der Waals surface area contributed by atoms with Crippen LogP contribution in [0.4, 0.5) is 18.9 Å². The molecule has 3 nitrogen and oxygen atoms in total. The van der Waals surface area contributed by atoms with Crippen molar-refractivity contribution in [3.8, 4) is 0 Å². The van der Waals surface area contributed by atoms with Gasteiger partial charge < -0.3 is 10.2 Å². The molecular weight excluding hydrogens is 269 g/mol. The summed E-state index contributed by atoms with van der Waals surface area (Å²) in [6.07, 6.45) is 2.27. The summed E-state index contributed by atoms with van der Waals surface area (Å²) in [4.78, 5) is 13.6. The van der Waals surface area contributed by atoms with E-state index >= 15 is 0 Å². The van der Waals surface area contributed by atoms with Crippen LogP contribution in [0.15, 0.2) is 12.1 Å². The second-order valence-electron chi connectivity index (χ2n) is 4.68. The molecule has 1 aromatic rings. The van der Waals surface area contributed by atoms with E-state index in [1.807, 2.05) is 11.9 Å². The normalized spacial score (nSPS) is 10.9. The van der Waals surface area contributed by atoms with Crippen LogP contribution in [0.1, 0.15) is 26.2 Å². The number of hydrogen-bond donors (Lipinski definition) is 1. The van der Waals surface area contributed by atoms with Crippen molar-refractivity contribution in [3.05, 3.63) is 29.6 Å². The molecule has 0 saturated heterocycles. The van der Waals surface area contributed by atoms with Gasteiger partial charge in [0, 0.05) is 13.0 Å². The zero-order chi connectivity index (χ0) is 15.1. The molecule has 0 fully saturated rings. The van der Waals surface area contributed by atoms with Crippen molar-refractivity contribution < 1.29 is 18.0 Å². The van der Waals surface area contributed by atoms with Gasteiger partial charge in [0.05, 0.1) is 5.69 Å². The Hall–Kier alpha value is -1.56. The van der Waals surface area contributed by atoms with Crippen molar-refractivity contribution in [3.63, 3.8) is 0 Å². The van der Waals surface area contributed by atoms with Gasteiger partial charge in [0.1, 0.15) is 0 Å². The molecule has 6 heteroatoms. The number of nitrogens with one attached hydrogen (secondary N) is 1. The highest BCUT2D eigenvalue weighted by Crippen LogP contribution is 2.19. The number of nitrogens with zero attached hydrogens (tertiary/aromatic N) is 1. The number of carbonyl (C=O) groups excluding carboxylic acids is 1. The smallest absolute Gasteiger partial charge is 0.225 e. The molecule has 0 saturated carbocycles. The average molecular weight is 288 g/mol. The van der Waals surface area contributed by atoms with Gasteiger partial charge in [0.2, 0.25) is 5.91 Å². The van der Waals surface area contributed by atoms with E-state index in [0.717, 1.165) is 31.5 Å². The second kappa shape index (κ2) is 7.89. The molecule has 0 radical (unpaired) electrons. The fraction of sp³-hybridized carbons (Fsp3) is 0.500. The summed E-state index contributed by atoms with van der Waals surface area (Å²) in [5.74, 6) is -4.67. The highest BCUT2D eigenvalue weighted by Gasteiger charge is 2.15. The fourth-order valence-electron chi connectivity index (χ4n) is 1.67. The van der Waals surface area contributed by atoms with Crippen LogP contribution in [0, 0.1) is 17.5 Å². The first-order valence-corrected chi connectivity index (χ1v) is 6.57. The minimum absolute atomic E-state index is 0.165. The topological polar surface area (TPSA) is 32.3 Å². The number of benzene rings is 1. The van der Waals surface area contributed by atoms with Gasteiger partial charge in [-0.05, 0) is 32.1 Å². The van der Waals surface area contributed by atoms with Crippen molar-refractivity contribution in [2.75, 3.05) is 25.5 Å². The SMILES string of the molecule is CCCCN(C)CCC(=O)Nc1ccc(F)c(F)c1F. The van der Waals surface area contributed by atoms with Gasteiger partial charge in [-0.1, -0.05) is 13.3 Å². The number of rotatable bonds is 7. The Labute approximate surface area is 116 Å². The van der Waals surface area contributed by atoms with E-state index in [4.69, 9.17) is 0 Å². The number of unbranched alkanes of at least 4 members (excludes halogenated alkanes) is 1. The summed E-state index contributed by atoms with van der Waals surface area (Å²) in [7, 11) is 1.89. The summed E-state index contributed by atoms with van der Waals surface area (Å²) in [5.41, 5.74) is -0.342. The molecule has 20 heavy (non-hydrogen) atoms. The van der Waals surface area contributed by atoms with Crippen LogP contribution in [0.3, 0.4) is 0 Å². The minimum atomic E-state index is -1.58. The van der Waals surface area contributed by atoms with E-state index in [9.17, 15) is 18.0 Å². The maximum atomic E-state index is 13.3. The van der Waals surface area contributed by atoms with Gasteiger partial charge in [0.15, 0.2) is 17.5 Å². The standard InChI is InChI=1S/C14H19F3N2O/c1-3-4-8-19(2)9-7-12(20)18-11-6-5-10(15)13(16)14(11)17/h5-6H,3-4,7-9H2,1-2H3,(H,18,20). The van der Waals surface area contributed by atoms with Gasteiger partial charge in [-0.3, -0.25) is 4.79 Å². The van der Waals surface area contributed by atoms with Gasteiger partial charge in [-0.15, -0.1) is 0 Å². The summed E-state index contributed by atoms with van der Waals surface area (Å²) >= 11 is 0. The predicted octanol–water partition coefficient (Wildman–Crippen LogP) is 3.16. The molecular formula is C14H19F3N2O. The van der Waals surface area contributed by atoms with Crippen LogP contribution >= 0.6 is 0 Å². The highest BCUT2D eigenvalue weighted by molar-refractivity contribution is 5.90. The molecule has 0 bridgehead atoms. The Morgan fingerprint density at radius 3 is 2.55 bits per heavy atom. The van der Waals surface area contributed by atoms with E-state index < -0.39 is 23.4 Å². The number of amides is 1.